The molecule has 0 bridgehead atoms. The van der Waals surface area contributed by atoms with Crippen molar-refractivity contribution >= 4 is 23.9 Å². The minimum atomic E-state index is 0. The van der Waals surface area contributed by atoms with Gasteiger partial charge in [-0.2, -0.15) is 0 Å². The first-order valence-electron chi connectivity index (χ1n) is 9.15. The number of nitrogens with one attached hydrogen (secondary N) is 2. The molecule has 0 atom stereocenters. The molecular formula is C22H29ClFN3O2. The third-order valence-electron chi connectivity index (χ3n) is 4.70. The molecule has 2 aliphatic rings. The summed E-state index contributed by atoms with van der Waals surface area (Å²) in [5.74, 6) is 0.147. The zero-order valence-corrected chi connectivity index (χ0v) is 17.6. The van der Waals surface area contributed by atoms with Gasteiger partial charge in [0.05, 0.1) is 6.57 Å². The van der Waals surface area contributed by atoms with Gasteiger partial charge in [0, 0.05) is 25.8 Å². The Labute approximate surface area is 178 Å². The number of fused-ring (bicyclic) bond motifs is 2. The fraction of sp³-hybridized carbons (Fsp3) is 0.364. The summed E-state index contributed by atoms with van der Waals surface area (Å²) in [5, 5.41) is 13.6. The van der Waals surface area contributed by atoms with E-state index in [-0.39, 0.29) is 22.9 Å². The van der Waals surface area contributed by atoms with Crippen LogP contribution in [0, 0.1) is 6.57 Å². The lowest BCUT2D eigenvalue weighted by atomic mass is 9.97. The number of ketones is 1. The Morgan fingerprint density at radius 2 is 1.45 bits per heavy atom. The van der Waals surface area contributed by atoms with Crippen LogP contribution in [0.2, 0.25) is 0 Å². The summed E-state index contributed by atoms with van der Waals surface area (Å²) in [6.45, 7) is 12.4. The Hall–Kier alpha value is -2.30. The lowest BCUT2D eigenvalue weighted by Crippen LogP contribution is -2.23. The second kappa shape index (κ2) is 13.8. The van der Waals surface area contributed by atoms with Crippen molar-refractivity contribution in [2.24, 2.45) is 0 Å². The highest BCUT2D eigenvalue weighted by Crippen LogP contribution is 2.20. The second-order valence-corrected chi connectivity index (χ2v) is 6.46. The van der Waals surface area contributed by atoms with Gasteiger partial charge in [0.2, 0.25) is 0 Å². The first kappa shape index (κ1) is 26.7. The minimum absolute atomic E-state index is 0. The van der Waals surface area contributed by atoms with Gasteiger partial charge in [-0.1, -0.05) is 30.3 Å². The van der Waals surface area contributed by atoms with Gasteiger partial charge in [-0.05, 0) is 61.2 Å². The van der Waals surface area contributed by atoms with Crippen molar-refractivity contribution in [3.8, 4) is 0 Å². The summed E-state index contributed by atoms with van der Waals surface area (Å²) in [4.78, 5) is 14.5. The topological polar surface area (TPSA) is 65.7 Å². The highest BCUT2D eigenvalue weighted by molar-refractivity contribution is 5.94. The standard InChI is InChI=1S/C11H13NO.C10H10N2.CH4O.ClH.FH/c1-8(13)10-3-2-9-4-5-12-7-11(9)6-10;1-11-10-3-2-8-4-5-12-7-9(8)6-10;1-2;;/h2-3,6,12H,4-5,7H2,1H3;2-3,6,12H,4-5,7H2;2H,1H3;2*1H. The quantitative estimate of drug-likeness (QED) is 0.486. The Morgan fingerprint density at radius 1 is 0.931 bits per heavy atom. The molecule has 2 aromatic rings. The lowest BCUT2D eigenvalue weighted by molar-refractivity contribution is 0.101. The van der Waals surface area contributed by atoms with Crippen molar-refractivity contribution in [3.63, 3.8) is 0 Å². The molecule has 5 nitrogen and oxygen atoms in total. The molecule has 3 N–H and O–H groups in total. The SMILES string of the molecule is CC(=O)c1ccc2c(c1)CNCC2.CO.Cl.F.[C-]#[N+]c1ccc2c(c1)CNCC2. The first-order valence-corrected chi connectivity index (χ1v) is 9.15. The molecule has 2 aliphatic heterocycles. The van der Waals surface area contributed by atoms with Crippen LogP contribution in [-0.2, 0) is 25.9 Å². The molecule has 7 heteroatoms. The fourth-order valence-corrected chi connectivity index (χ4v) is 3.24. The molecule has 4 rings (SSSR count). The van der Waals surface area contributed by atoms with Crippen molar-refractivity contribution in [1.29, 1.82) is 0 Å². The fourth-order valence-electron chi connectivity index (χ4n) is 3.24. The average Bonchev–Trinajstić information content (AvgIpc) is 2.75. The highest BCUT2D eigenvalue weighted by Gasteiger charge is 2.10. The number of carbonyl (C=O) groups excluding carboxylic acids is 1. The molecule has 0 saturated heterocycles. The number of nitrogens with zero attached hydrogens (tertiary/aromatic N) is 1. The van der Waals surface area contributed by atoms with Crippen LogP contribution in [0.25, 0.3) is 4.85 Å². The van der Waals surface area contributed by atoms with Crippen LogP contribution in [-0.4, -0.2) is 31.1 Å². The van der Waals surface area contributed by atoms with E-state index in [2.05, 4.69) is 27.6 Å². The maximum Gasteiger partial charge on any atom is 0.187 e. The van der Waals surface area contributed by atoms with Gasteiger partial charge in [-0.3, -0.25) is 9.50 Å². The smallest absolute Gasteiger partial charge is 0.187 e. The number of hydrogen-bond acceptors (Lipinski definition) is 4. The van der Waals surface area contributed by atoms with Gasteiger partial charge in [0.15, 0.2) is 11.5 Å². The minimum Gasteiger partial charge on any atom is -0.400 e. The van der Waals surface area contributed by atoms with Gasteiger partial charge in [0.1, 0.15) is 0 Å². The van der Waals surface area contributed by atoms with E-state index in [1.807, 2.05) is 24.3 Å². The number of halogens is 2. The number of aliphatic hydroxyl groups is 1. The third kappa shape index (κ3) is 7.56. The van der Waals surface area contributed by atoms with Gasteiger partial charge < -0.3 is 15.7 Å². The summed E-state index contributed by atoms with van der Waals surface area (Å²) in [5.41, 5.74) is 6.90. The number of rotatable bonds is 1. The van der Waals surface area contributed by atoms with Gasteiger partial charge in [-0.15, -0.1) is 12.4 Å². The van der Waals surface area contributed by atoms with E-state index >= 15 is 0 Å². The van der Waals surface area contributed by atoms with E-state index in [9.17, 15) is 4.79 Å². The van der Waals surface area contributed by atoms with Crippen LogP contribution < -0.4 is 10.6 Å². The van der Waals surface area contributed by atoms with Crippen LogP contribution in [0.3, 0.4) is 0 Å². The highest BCUT2D eigenvalue weighted by atomic mass is 35.5. The summed E-state index contributed by atoms with van der Waals surface area (Å²) in [6.07, 6.45) is 2.17. The molecule has 0 radical (unpaired) electrons. The average molecular weight is 422 g/mol. The molecule has 2 heterocycles. The van der Waals surface area contributed by atoms with Gasteiger partial charge >= 0.3 is 0 Å². The van der Waals surface area contributed by atoms with E-state index in [4.69, 9.17) is 11.7 Å². The molecule has 158 valence electrons. The summed E-state index contributed by atoms with van der Waals surface area (Å²) < 4.78 is 0. The van der Waals surface area contributed by atoms with Crippen molar-refractivity contribution in [1.82, 2.24) is 10.6 Å². The molecule has 29 heavy (non-hydrogen) atoms. The number of benzene rings is 2. The largest absolute Gasteiger partial charge is 0.400 e. The Bertz CT molecular complexity index is 837. The van der Waals surface area contributed by atoms with Crippen molar-refractivity contribution in [3.05, 3.63) is 75.6 Å². The van der Waals surface area contributed by atoms with Gasteiger partial charge in [-0.25, -0.2) is 4.85 Å². The first-order chi connectivity index (χ1) is 13.2. The van der Waals surface area contributed by atoms with E-state index in [0.717, 1.165) is 57.4 Å². The molecule has 0 saturated carbocycles. The summed E-state index contributed by atoms with van der Waals surface area (Å²) in [6, 6.07) is 12.0. The molecule has 0 unspecified atom stereocenters. The van der Waals surface area contributed by atoms with E-state index in [1.165, 1.54) is 22.3 Å². The normalized spacial score (nSPS) is 13.2. The number of hydrogen-bond donors (Lipinski definition) is 3. The number of Topliss-reactive ketones (excluding diaryl/α,β-unsaturated/α-hetero) is 1. The third-order valence-corrected chi connectivity index (χ3v) is 4.70. The molecule has 0 aliphatic carbocycles. The van der Waals surface area contributed by atoms with Crippen molar-refractivity contribution < 1.29 is 14.6 Å². The zero-order chi connectivity index (χ0) is 19.6. The van der Waals surface area contributed by atoms with Crippen LogP contribution in [0.15, 0.2) is 36.4 Å². The van der Waals surface area contributed by atoms with Crippen molar-refractivity contribution in [2.45, 2.75) is 32.9 Å². The Morgan fingerprint density at radius 3 is 1.97 bits per heavy atom. The van der Waals surface area contributed by atoms with Crippen LogP contribution >= 0.6 is 12.4 Å². The van der Waals surface area contributed by atoms with Crippen LogP contribution in [0.5, 0.6) is 0 Å². The maximum absolute atomic E-state index is 11.1. The summed E-state index contributed by atoms with van der Waals surface area (Å²) >= 11 is 0. The predicted molar refractivity (Wildman–Crippen MR) is 118 cm³/mol. The summed E-state index contributed by atoms with van der Waals surface area (Å²) in [7, 11) is 1.00. The molecule has 0 amide bonds. The van der Waals surface area contributed by atoms with E-state index < -0.39 is 0 Å². The van der Waals surface area contributed by atoms with Gasteiger partial charge in [0.25, 0.3) is 0 Å². The molecule has 0 aromatic heterocycles. The molecule has 2 aromatic carbocycles. The number of aliphatic hydroxyl groups excluding tert-OH is 1. The second-order valence-electron chi connectivity index (χ2n) is 6.46. The van der Waals surface area contributed by atoms with Crippen LogP contribution in [0.4, 0.5) is 10.4 Å². The molecule has 0 fully saturated rings. The van der Waals surface area contributed by atoms with Crippen LogP contribution in [0.1, 0.15) is 39.5 Å². The monoisotopic (exact) mass is 421 g/mol. The van der Waals surface area contributed by atoms with E-state index in [1.54, 1.807) is 6.92 Å². The zero-order valence-electron chi connectivity index (χ0n) is 16.8. The van der Waals surface area contributed by atoms with E-state index in [0.29, 0.717) is 0 Å². The number of carbonyl (C=O) groups is 1. The predicted octanol–water partition coefficient (Wildman–Crippen LogP) is 3.60. The molecule has 0 spiro atoms. The lowest BCUT2D eigenvalue weighted by Gasteiger charge is -2.17. The van der Waals surface area contributed by atoms with Crippen molar-refractivity contribution in [2.75, 3.05) is 20.2 Å². The Balaban J connectivity index is 0.000000469. The Kier molecular flexibility index (Phi) is 12.7. The maximum atomic E-state index is 11.1. The molecular weight excluding hydrogens is 393 g/mol.